The first-order chi connectivity index (χ1) is 4.34. The average Bonchev–Trinajstić information content (AvgIpc) is 2.37. The molecule has 1 rings (SSSR count). The van der Waals surface area contributed by atoms with E-state index in [1.54, 1.807) is 12.1 Å². The molecule has 1 N–H and O–H groups in total. The standard InChI is InChI=1S/C7H8O2/c1-2-6(8)7-4-3-5-9-7/h2-6,8H,1H2. The van der Waals surface area contributed by atoms with E-state index in [4.69, 9.17) is 9.52 Å². The van der Waals surface area contributed by atoms with Gasteiger partial charge in [-0.05, 0) is 12.1 Å². The molecule has 0 aliphatic carbocycles. The van der Waals surface area contributed by atoms with Crippen LogP contribution in [-0.2, 0) is 0 Å². The normalized spacial score (nSPS) is 13.0. The Hall–Kier alpha value is -1.02. The molecular weight excluding hydrogens is 116 g/mol. The first-order valence-corrected chi connectivity index (χ1v) is 2.68. The Bertz CT molecular complexity index is 177. The molecule has 1 aromatic rings. The van der Waals surface area contributed by atoms with E-state index in [-0.39, 0.29) is 0 Å². The molecule has 0 saturated carbocycles. The van der Waals surface area contributed by atoms with E-state index in [2.05, 4.69) is 6.58 Å². The zero-order valence-electron chi connectivity index (χ0n) is 4.95. The fourth-order valence-corrected chi connectivity index (χ4v) is 0.576. The highest BCUT2D eigenvalue weighted by Crippen LogP contribution is 2.12. The van der Waals surface area contributed by atoms with Gasteiger partial charge in [-0.2, -0.15) is 0 Å². The third kappa shape index (κ3) is 1.21. The highest BCUT2D eigenvalue weighted by Gasteiger charge is 2.02. The lowest BCUT2D eigenvalue weighted by atomic mass is 10.3. The summed E-state index contributed by atoms with van der Waals surface area (Å²) in [6, 6.07) is 3.42. The van der Waals surface area contributed by atoms with E-state index in [9.17, 15) is 0 Å². The second-order valence-electron chi connectivity index (χ2n) is 1.70. The molecule has 9 heavy (non-hydrogen) atoms. The van der Waals surface area contributed by atoms with Gasteiger partial charge < -0.3 is 9.52 Å². The number of aliphatic hydroxyl groups excluding tert-OH is 1. The van der Waals surface area contributed by atoms with Crippen LogP contribution in [0.2, 0.25) is 0 Å². The predicted molar refractivity (Wildman–Crippen MR) is 33.9 cm³/mol. The predicted octanol–water partition coefficient (Wildman–Crippen LogP) is 1.50. The first kappa shape index (κ1) is 6.11. The molecule has 1 atom stereocenters. The van der Waals surface area contributed by atoms with E-state index in [1.165, 1.54) is 12.3 Å². The molecule has 48 valence electrons. The molecule has 0 fully saturated rings. The first-order valence-electron chi connectivity index (χ1n) is 2.68. The largest absolute Gasteiger partial charge is 0.466 e. The van der Waals surface area contributed by atoms with Crippen molar-refractivity contribution >= 4 is 0 Å². The molecule has 1 heterocycles. The number of hydrogen-bond donors (Lipinski definition) is 1. The molecule has 1 aromatic heterocycles. The van der Waals surface area contributed by atoms with Crippen LogP contribution in [0.4, 0.5) is 0 Å². The van der Waals surface area contributed by atoms with Gasteiger partial charge in [0.25, 0.3) is 0 Å². The van der Waals surface area contributed by atoms with Crippen molar-refractivity contribution in [1.82, 2.24) is 0 Å². The van der Waals surface area contributed by atoms with E-state index in [0.717, 1.165) is 0 Å². The van der Waals surface area contributed by atoms with E-state index >= 15 is 0 Å². The number of rotatable bonds is 2. The lowest BCUT2D eigenvalue weighted by Gasteiger charge is -1.96. The van der Waals surface area contributed by atoms with Crippen LogP contribution >= 0.6 is 0 Å². The Kier molecular flexibility index (Phi) is 1.70. The van der Waals surface area contributed by atoms with Crippen molar-refractivity contribution in [2.24, 2.45) is 0 Å². The van der Waals surface area contributed by atoms with Crippen LogP contribution < -0.4 is 0 Å². The Morgan fingerprint density at radius 2 is 2.56 bits per heavy atom. The van der Waals surface area contributed by atoms with Gasteiger partial charge in [0.2, 0.25) is 0 Å². The van der Waals surface area contributed by atoms with Crippen molar-refractivity contribution in [2.45, 2.75) is 6.10 Å². The van der Waals surface area contributed by atoms with Gasteiger partial charge in [-0.1, -0.05) is 6.08 Å². The van der Waals surface area contributed by atoms with Gasteiger partial charge in [-0.25, -0.2) is 0 Å². The third-order valence-corrected chi connectivity index (χ3v) is 1.06. The monoisotopic (exact) mass is 124 g/mol. The maximum atomic E-state index is 9.01. The minimum absolute atomic E-state index is 0.532. The minimum atomic E-state index is -0.667. The zero-order valence-corrected chi connectivity index (χ0v) is 4.95. The van der Waals surface area contributed by atoms with Crippen LogP contribution in [0.25, 0.3) is 0 Å². The zero-order chi connectivity index (χ0) is 6.69. The number of aliphatic hydroxyl groups is 1. The summed E-state index contributed by atoms with van der Waals surface area (Å²) in [6.45, 7) is 3.41. The van der Waals surface area contributed by atoms with Gasteiger partial charge in [0, 0.05) is 0 Å². The molecule has 0 aliphatic heterocycles. The van der Waals surface area contributed by atoms with Crippen LogP contribution in [0, 0.1) is 0 Å². The number of furan rings is 1. The van der Waals surface area contributed by atoms with Crippen molar-refractivity contribution in [1.29, 1.82) is 0 Å². The molecular formula is C7H8O2. The third-order valence-electron chi connectivity index (χ3n) is 1.06. The molecule has 0 spiro atoms. The summed E-state index contributed by atoms with van der Waals surface area (Å²) in [6.07, 6.45) is 2.26. The van der Waals surface area contributed by atoms with Crippen molar-refractivity contribution in [3.8, 4) is 0 Å². The van der Waals surface area contributed by atoms with E-state index in [0.29, 0.717) is 5.76 Å². The lowest BCUT2D eigenvalue weighted by Crippen LogP contribution is -1.87. The topological polar surface area (TPSA) is 33.4 Å². The molecule has 2 heteroatoms. The highest BCUT2D eigenvalue weighted by atomic mass is 16.4. The Morgan fingerprint density at radius 1 is 1.78 bits per heavy atom. The average molecular weight is 124 g/mol. The molecule has 1 unspecified atom stereocenters. The summed E-state index contributed by atoms with van der Waals surface area (Å²) in [5.74, 6) is 0.532. The quantitative estimate of drug-likeness (QED) is 0.606. The van der Waals surface area contributed by atoms with Crippen molar-refractivity contribution in [3.05, 3.63) is 36.8 Å². The summed E-state index contributed by atoms with van der Waals surface area (Å²) in [7, 11) is 0. The van der Waals surface area contributed by atoms with Crippen LogP contribution in [0.15, 0.2) is 35.5 Å². The minimum Gasteiger partial charge on any atom is -0.466 e. The Morgan fingerprint density at radius 3 is 3.00 bits per heavy atom. The van der Waals surface area contributed by atoms with Crippen molar-refractivity contribution in [2.75, 3.05) is 0 Å². The maximum Gasteiger partial charge on any atom is 0.136 e. The number of hydrogen-bond acceptors (Lipinski definition) is 2. The summed E-state index contributed by atoms with van der Waals surface area (Å²) in [5, 5.41) is 9.01. The van der Waals surface area contributed by atoms with Gasteiger partial charge >= 0.3 is 0 Å². The van der Waals surface area contributed by atoms with Gasteiger partial charge in [-0.15, -0.1) is 6.58 Å². The SMILES string of the molecule is C=CC(O)c1ccco1. The van der Waals surface area contributed by atoms with Crippen molar-refractivity contribution in [3.63, 3.8) is 0 Å². The van der Waals surface area contributed by atoms with Gasteiger partial charge in [-0.3, -0.25) is 0 Å². The second-order valence-corrected chi connectivity index (χ2v) is 1.70. The summed E-state index contributed by atoms with van der Waals surface area (Å²) in [4.78, 5) is 0. The molecule has 0 aliphatic rings. The maximum absolute atomic E-state index is 9.01. The molecule has 0 aromatic carbocycles. The molecule has 0 saturated heterocycles. The van der Waals surface area contributed by atoms with Crippen LogP contribution in [0.1, 0.15) is 11.9 Å². The van der Waals surface area contributed by atoms with Crippen LogP contribution in [0.5, 0.6) is 0 Å². The fourth-order valence-electron chi connectivity index (χ4n) is 0.576. The lowest BCUT2D eigenvalue weighted by molar-refractivity contribution is 0.197. The van der Waals surface area contributed by atoms with Gasteiger partial charge in [0.15, 0.2) is 0 Å². The van der Waals surface area contributed by atoms with Crippen LogP contribution in [-0.4, -0.2) is 5.11 Å². The van der Waals surface area contributed by atoms with Crippen LogP contribution in [0.3, 0.4) is 0 Å². The summed E-state index contributed by atoms with van der Waals surface area (Å²) in [5.41, 5.74) is 0. The molecule has 2 nitrogen and oxygen atoms in total. The van der Waals surface area contributed by atoms with Gasteiger partial charge in [0.1, 0.15) is 11.9 Å². The van der Waals surface area contributed by atoms with E-state index in [1.807, 2.05) is 0 Å². The smallest absolute Gasteiger partial charge is 0.136 e. The Labute approximate surface area is 53.4 Å². The van der Waals surface area contributed by atoms with E-state index < -0.39 is 6.10 Å². The highest BCUT2D eigenvalue weighted by molar-refractivity contribution is 5.06. The molecule has 0 amide bonds. The van der Waals surface area contributed by atoms with Gasteiger partial charge in [0.05, 0.1) is 6.26 Å². The second kappa shape index (κ2) is 2.51. The molecule has 0 radical (unpaired) electrons. The summed E-state index contributed by atoms with van der Waals surface area (Å²) < 4.78 is 4.86. The summed E-state index contributed by atoms with van der Waals surface area (Å²) >= 11 is 0. The fraction of sp³-hybridized carbons (Fsp3) is 0.143. The van der Waals surface area contributed by atoms with Crippen molar-refractivity contribution < 1.29 is 9.52 Å². The molecule has 0 bridgehead atoms. The Balaban J connectivity index is 2.76.